The molecular formula is C14H20FN3O2S. The fraction of sp³-hybridized carbons (Fsp3) is 0.429. The Balaban J connectivity index is 2.49. The lowest BCUT2D eigenvalue weighted by Crippen LogP contribution is -2.37. The van der Waals surface area contributed by atoms with Gasteiger partial charge >= 0.3 is 0 Å². The first-order chi connectivity index (χ1) is 10.0. The van der Waals surface area contributed by atoms with Crippen LogP contribution in [0.4, 0.5) is 10.1 Å². The van der Waals surface area contributed by atoms with Crippen LogP contribution in [0.25, 0.3) is 0 Å². The Morgan fingerprint density at radius 2 is 2.05 bits per heavy atom. The summed E-state index contributed by atoms with van der Waals surface area (Å²) in [4.78, 5) is 14.3. The predicted octanol–water partition coefficient (Wildman–Crippen LogP) is 1.39. The van der Waals surface area contributed by atoms with Crippen molar-refractivity contribution in [3.05, 3.63) is 30.1 Å². The van der Waals surface area contributed by atoms with E-state index >= 15 is 0 Å². The van der Waals surface area contributed by atoms with Crippen molar-refractivity contribution in [3.8, 4) is 0 Å². The van der Waals surface area contributed by atoms with Gasteiger partial charge in [-0.15, -0.1) is 0 Å². The molecule has 0 atom stereocenters. The molecule has 0 heterocycles. The van der Waals surface area contributed by atoms with E-state index in [2.05, 4.69) is 5.32 Å². The zero-order valence-corrected chi connectivity index (χ0v) is 12.8. The quantitative estimate of drug-likeness (QED) is 0.674. The summed E-state index contributed by atoms with van der Waals surface area (Å²) in [6.07, 6.45) is 0.545. The summed E-state index contributed by atoms with van der Waals surface area (Å²) < 4.78 is 17.8. The Hall–Kier alpha value is -1.57. The fourth-order valence-corrected chi connectivity index (χ4v) is 1.79. The van der Waals surface area contributed by atoms with Crippen LogP contribution >= 0.6 is 12.2 Å². The predicted molar refractivity (Wildman–Crippen MR) is 84.7 cm³/mol. The Bertz CT molecular complexity index is 468. The summed E-state index contributed by atoms with van der Waals surface area (Å²) in [5.74, 6) is -0.521. The van der Waals surface area contributed by atoms with Crippen molar-refractivity contribution in [2.24, 2.45) is 5.73 Å². The maximum absolute atomic E-state index is 12.8. The van der Waals surface area contributed by atoms with Crippen LogP contribution in [0.1, 0.15) is 6.42 Å². The molecule has 0 bridgehead atoms. The number of methoxy groups -OCH3 is 1. The summed E-state index contributed by atoms with van der Waals surface area (Å²) in [5, 5.41) is 2.71. The first-order valence-corrected chi connectivity index (χ1v) is 6.97. The lowest BCUT2D eigenvalue weighted by Gasteiger charge is -2.21. The van der Waals surface area contributed by atoms with Gasteiger partial charge in [0.2, 0.25) is 5.91 Å². The van der Waals surface area contributed by atoms with Crippen LogP contribution in [0.2, 0.25) is 0 Å². The minimum atomic E-state index is -0.342. The van der Waals surface area contributed by atoms with Gasteiger partial charge in [0, 0.05) is 32.3 Å². The van der Waals surface area contributed by atoms with Gasteiger partial charge in [0.15, 0.2) is 0 Å². The van der Waals surface area contributed by atoms with Crippen LogP contribution in [0.15, 0.2) is 24.3 Å². The van der Waals surface area contributed by atoms with Gasteiger partial charge < -0.3 is 15.8 Å². The van der Waals surface area contributed by atoms with Crippen molar-refractivity contribution < 1.29 is 13.9 Å². The number of hydrogen-bond acceptors (Lipinski definition) is 4. The van der Waals surface area contributed by atoms with Gasteiger partial charge in [-0.25, -0.2) is 4.39 Å². The summed E-state index contributed by atoms with van der Waals surface area (Å²) in [7, 11) is 1.60. The zero-order chi connectivity index (χ0) is 15.7. The highest BCUT2D eigenvalue weighted by molar-refractivity contribution is 7.80. The topological polar surface area (TPSA) is 67.6 Å². The second-order valence-electron chi connectivity index (χ2n) is 4.54. The van der Waals surface area contributed by atoms with Gasteiger partial charge in [-0.1, -0.05) is 12.2 Å². The SMILES string of the molecule is COCCN(CCC(N)=S)CC(=O)Nc1ccc(F)cc1. The van der Waals surface area contributed by atoms with E-state index in [1.54, 1.807) is 7.11 Å². The van der Waals surface area contributed by atoms with E-state index in [0.717, 1.165) is 0 Å². The third kappa shape index (κ3) is 7.69. The highest BCUT2D eigenvalue weighted by atomic mass is 32.1. The van der Waals surface area contributed by atoms with Crippen molar-refractivity contribution in [2.45, 2.75) is 6.42 Å². The molecule has 0 aliphatic carbocycles. The highest BCUT2D eigenvalue weighted by Gasteiger charge is 2.11. The maximum atomic E-state index is 12.8. The first kappa shape index (κ1) is 17.5. The minimum absolute atomic E-state index is 0.180. The molecule has 1 aromatic rings. The highest BCUT2D eigenvalue weighted by Crippen LogP contribution is 2.08. The average Bonchev–Trinajstić information content (AvgIpc) is 2.44. The molecule has 1 aromatic carbocycles. The second-order valence-corrected chi connectivity index (χ2v) is 5.06. The standard InChI is InChI=1S/C14H20FN3O2S/c1-20-9-8-18(7-6-13(16)21)10-14(19)17-12-4-2-11(15)3-5-12/h2-5H,6-10H2,1H3,(H2,16,21)(H,17,19). The Morgan fingerprint density at radius 1 is 1.38 bits per heavy atom. The van der Waals surface area contributed by atoms with Gasteiger partial charge in [0.1, 0.15) is 5.82 Å². The maximum Gasteiger partial charge on any atom is 0.238 e. The van der Waals surface area contributed by atoms with Crippen LogP contribution in [0.3, 0.4) is 0 Å². The number of hydrogen-bond donors (Lipinski definition) is 2. The van der Waals surface area contributed by atoms with Crippen molar-refractivity contribution in [3.63, 3.8) is 0 Å². The zero-order valence-electron chi connectivity index (χ0n) is 12.0. The molecule has 7 heteroatoms. The molecule has 0 unspecified atom stereocenters. The Kier molecular flexibility index (Phi) is 7.81. The van der Waals surface area contributed by atoms with E-state index in [4.69, 9.17) is 22.7 Å². The lowest BCUT2D eigenvalue weighted by molar-refractivity contribution is -0.117. The first-order valence-electron chi connectivity index (χ1n) is 6.56. The smallest absolute Gasteiger partial charge is 0.238 e. The molecule has 116 valence electrons. The van der Waals surface area contributed by atoms with Crippen LogP contribution < -0.4 is 11.1 Å². The van der Waals surface area contributed by atoms with Crippen LogP contribution in [0, 0.1) is 5.82 Å². The summed E-state index contributed by atoms with van der Waals surface area (Å²) in [6, 6.07) is 5.62. The molecule has 0 fully saturated rings. The second kappa shape index (κ2) is 9.38. The number of carbonyl (C=O) groups excluding carboxylic acids is 1. The van der Waals surface area contributed by atoms with Gasteiger partial charge in [-0.3, -0.25) is 9.69 Å². The molecule has 0 aliphatic rings. The van der Waals surface area contributed by atoms with Gasteiger partial charge in [-0.2, -0.15) is 0 Å². The number of halogens is 1. The number of nitrogens with two attached hydrogens (primary N) is 1. The number of nitrogens with zero attached hydrogens (tertiary/aromatic N) is 1. The summed E-state index contributed by atoms with van der Waals surface area (Å²) in [5.41, 5.74) is 6.03. The van der Waals surface area contributed by atoms with E-state index in [-0.39, 0.29) is 18.3 Å². The average molecular weight is 313 g/mol. The largest absolute Gasteiger partial charge is 0.393 e. The Labute approximate surface area is 129 Å². The summed E-state index contributed by atoms with van der Waals surface area (Å²) >= 11 is 4.84. The third-order valence-electron chi connectivity index (χ3n) is 2.78. The molecule has 0 aromatic heterocycles. The number of thiocarbonyl (C=S) groups is 1. The monoisotopic (exact) mass is 313 g/mol. The molecule has 0 radical (unpaired) electrons. The number of amides is 1. The van der Waals surface area contributed by atoms with E-state index in [9.17, 15) is 9.18 Å². The number of benzene rings is 1. The van der Waals surface area contributed by atoms with Gasteiger partial charge in [0.25, 0.3) is 0 Å². The number of nitrogens with one attached hydrogen (secondary N) is 1. The van der Waals surface area contributed by atoms with Crippen LogP contribution in [-0.2, 0) is 9.53 Å². The minimum Gasteiger partial charge on any atom is -0.393 e. The van der Waals surface area contributed by atoms with Crippen molar-refractivity contribution in [2.75, 3.05) is 38.7 Å². The third-order valence-corrected chi connectivity index (χ3v) is 2.99. The number of rotatable bonds is 9. The molecule has 0 saturated carbocycles. The van der Waals surface area contributed by atoms with E-state index in [1.165, 1.54) is 24.3 Å². The number of carbonyl (C=O) groups is 1. The molecule has 1 rings (SSSR count). The molecule has 3 N–H and O–H groups in total. The van der Waals surface area contributed by atoms with E-state index < -0.39 is 0 Å². The van der Waals surface area contributed by atoms with E-state index in [0.29, 0.717) is 36.8 Å². The molecule has 5 nitrogen and oxygen atoms in total. The molecular weight excluding hydrogens is 293 g/mol. The Morgan fingerprint density at radius 3 is 2.62 bits per heavy atom. The summed E-state index contributed by atoms with van der Waals surface area (Å²) in [6.45, 7) is 1.91. The molecule has 1 amide bonds. The molecule has 21 heavy (non-hydrogen) atoms. The number of anilines is 1. The van der Waals surface area contributed by atoms with E-state index in [1.807, 2.05) is 4.90 Å². The fourth-order valence-electron chi connectivity index (χ4n) is 1.70. The van der Waals surface area contributed by atoms with Crippen LogP contribution in [-0.4, -0.2) is 49.1 Å². The lowest BCUT2D eigenvalue weighted by atomic mass is 10.3. The van der Waals surface area contributed by atoms with Crippen LogP contribution in [0.5, 0.6) is 0 Å². The van der Waals surface area contributed by atoms with Gasteiger partial charge in [0.05, 0.1) is 18.1 Å². The molecule has 0 spiro atoms. The number of ether oxygens (including phenoxy) is 1. The van der Waals surface area contributed by atoms with Crippen molar-refractivity contribution in [1.82, 2.24) is 4.90 Å². The normalized spacial score (nSPS) is 10.6. The van der Waals surface area contributed by atoms with Crippen molar-refractivity contribution >= 4 is 28.8 Å². The van der Waals surface area contributed by atoms with Gasteiger partial charge in [-0.05, 0) is 24.3 Å². The molecule has 0 aliphatic heterocycles. The molecule has 0 saturated heterocycles. The van der Waals surface area contributed by atoms with Crippen molar-refractivity contribution in [1.29, 1.82) is 0 Å².